The smallest absolute Gasteiger partial charge is 0.155 e. The summed E-state index contributed by atoms with van der Waals surface area (Å²) in [6.07, 6.45) is 3.71. The molecule has 0 spiro atoms. The van der Waals surface area contributed by atoms with Gasteiger partial charge in [0, 0.05) is 60.8 Å². The summed E-state index contributed by atoms with van der Waals surface area (Å²) in [4.78, 5) is 13.1. The van der Waals surface area contributed by atoms with Crippen LogP contribution in [-0.2, 0) is 6.54 Å². The summed E-state index contributed by atoms with van der Waals surface area (Å²) >= 11 is 0. The minimum absolute atomic E-state index is 0.370. The van der Waals surface area contributed by atoms with Gasteiger partial charge < -0.3 is 9.88 Å². The second kappa shape index (κ2) is 8.95. The number of aromatic amines is 2. The van der Waals surface area contributed by atoms with Gasteiger partial charge in [-0.3, -0.25) is 10.00 Å². The number of fused-ring (bicyclic) bond motifs is 2. The molecular formula is C29H32N6. The highest BCUT2D eigenvalue weighted by atomic mass is 15.2. The molecule has 6 nitrogen and oxygen atoms in total. The third-order valence-electron chi connectivity index (χ3n) is 7.33. The van der Waals surface area contributed by atoms with Crippen molar-refractivity contribution in [2.24, 2.45) is 0 Å². The zero-order valence-electron chi connectivity index (χ0n) is 20.7. The van der Waals surface area contributed by atoms with Crippen LogP contribution in [0.1, 0.15) is 30.9 Å². The molecule has 0 unspecified atom stereocenters. The standard InChI is InChI=1S/C29H32N6/c1-19(2)27-24-16-22(21-6-4-20(5-7-21)18-35-14-12-34(3)13-15-35)8-9-26(24)32-28(27)23-10-11-30-29-25(23)17-31-33-29/h4-11,16-17,19,32H,12-15,18H2,1-3H3,(H,30,31,33). The number of hydrogen-bond donors (Lipinski definition) is 2. The van der Waals surface area contributed by atoms with E-state index in [1.807, 2.05) is 12.4 Å². The first-order valence-corrected chi connectivity index (χ1v) is 12.5. The predicted molar refractivity (Wildman–Crippen MR) is 143 cm³/mol. The SMILES string of the molecule is CC(C)c1c(-c2ccnc3[nH]ncc23)[nH]c2ccc(-c3ccc(CN4CCN(C)CC4)cc3)cc12. The van der Waals surface area contributed by atoms with Crippen LogP contribution in [0.25, 0.3) is 44.3 Å². The summed E-state index contributed by atoms with van der Waals surface area (Å²) in [5.41, 5.74) is 9.49. The fourth-order valence-corrected chi connectivity index (χ4v) is 5.34. The Kier molecular flexibility index (Phi) is 5.63. The molecule has 0 saturated carbocycles. The van der Waals surface area contributed by atoms with E-state index in [4.69, 9.17) is 0 Å². The third kappa shape index (κ3) is 4.13. The van der Waals surface area contributed by atoms with E-state index < -0.39 is 0 Å². The second-order valence-corrected chi connectivity index (χ2v) is 10.1. The Balaban J connectivity index is 1.34. The highest BCUT2D eigenvalue weighted by Crippen LogP contribution is 2.39. The number of benzene rings is 2. The fourth-order valence-electron chi connectivity index (χ4n) is 5.34. The van der Waals surface area contributed by atoms with Gasteiger partial charge in [0.05, 0.1) is 11.9 Å². The van der Waals surface area contributed by atoms with E-state index in [0.717, 1.165) is 60.5 Å². The monoisotopic (exact) mass is 464 g/mol. The number of H-pyrrole nitrogens is 2. The Hall–Kier alpha value is -3.48. The first-order chi connectivity index (χ1) is 17.1. The molecule has 1 saturated heterocycles. The lowest BCUT2D eigenvalue weighted by molar-refractivity contribution is 0.148. The summed E-state index contributed by atoms with van der Waals surface area (Å²) < 4.78 is 0. The van der Waals surface area contributed by atoms with Crippen molar-refractivity contribution in [1.29, 1.82) is 0 Å². The number of aromatic nitrogens is 4. The average molecular weight is 465 g/mol. The number of likely N-dealkylation sites (N-methyl/N-ethyl adjacent to an activating group) is 1. The molecule has 1 fully saturated rings. The highest BCUT2D eigenvalue weighted by Gasteiger charge is 2.19. The van der Waals surface area contributed by atoms with Crippen molar-refractivity contribution in [2.45, 2.75) is 26.3 Å². The maximum absolute atomic E-state index is 4.42. The van der Waals surface area contributed by atoms with Gasteiger partial charge in [-0.05, 0) is 53.4 Å². The Labute approximate surface area is 206 Å². The molecule has 3 aromatic heterocycles. The fraction of sp³-hybridized carbons (Fsp3) is 0.310. The van der Waals surface area contributed by atoms with Gasteiger partial charge in [-0.15, -0.1) is 0 Å². The molecule has 6 rings (SSSR count). The van der Waals surface area contributed by atoms with Crippen LogP contribution in [0.2, 0.25) is 0 Å². The van der Waals surface area contributed by atoms with Gasteiger partial charge in [-0.25, -0.2) is 4.98 Å². The average Bonchev–Trinajstić information content (AvgIpc) is 3.50. The minimum atomic E-state index is 0.370. The minimum Gasteiger partial charge on any atom is -0.354 e. The van der Waals surface area contributed by atoms with Crippen LogP contribution in [0.5, 0.6) is 0 Å². The topological polar surface area (TPSA) is 63.8 Å². The van der Waals surface area contributed by atoms with Gasteiger partial charge >= 0.3 is 0 Å². The van der Waals surface area contributed by atoms with Crippen LogP contribution in [0.3, 0.4) is 0 Å². The molecule has 2 aromatic carbocycles. The Morgan fingerprint density at radius 3 is 2.46 bits per heavy atom. The Morgan fingerprint density at radius 2 is 1.69 bits per heavy atom. The van der Waals surface area contributed by atoms with Crippen LogP contribution in [0.4, 0.5) is 0 Å². The van der Waals surface area contributed by atoms with Gasteiger partial charge in [-0.1, -0.05) is 44.2 Å². The lowest BCUT2D eigenvalue weighted by Crippen LogP contribution is -2.43. The first kappa shape index (κ1) is 22.0. The number of hydrogen-bond acceptors (Lipinski definition) is 4. The largest absolute Gasteiger partial charge is 0.354 e. The highest BCUT2D eigenvalue weighted by molar-refractivity contribution is 5.99. The summed E-state index contributed by atoms with van der Waals surface area (Å²) in [6, 6.07) is 18.0. The molecule has 0 aliphatic carbocycles. The van der Waals surface area contributed by atoms with Crippen molar-refractivity contribution in [3.05, 3.63) is 72.1 Å². The molecule has 2 N–H and O–H groups in total. The number of rotatable bonds is 5. The van der Waals surface area contributed by atoms with Crippen molar-refractivity contribution >= 4 is 21.9 Å². The van der Waals surface area contributed by atoms with E-state index in [1.165, 1.54) is 27.6 Å². The van der Waals surface area contributed by atoms with Crippen molar-refractivity contribution in [2.75, 3.05) is 33.2 Å². The van der Waals surface area contributed by atoms with Crippen LogP contribution >= 0.6 is 0 Å². The molecule has 35 heavy (non-hydrogen) atoms. The number of nitrogens with one attached hydrogen (secondary N) is 2. The number of nitrogens with zero attached hydrogens (tertiary/aromatic N) is 4. The molecule has 5 aromatic rings. The van der Waals surface area contributed by atoms with Gasteiger partial charge in [0.2, 0.25) is 0 Å². The molecule has 1 aliphatic rings. The molecule has 0 amide bonds. The Bertz CT molecular complexity index is 1470. The van der Waals surface area contributed by atoms with Crippen molar-refractivity contribution in [1.82, 2.24) is 30.0 Å². The molecular weight excluding hydrogens is 432 g/mol. The molecule has 178 valence electrons. The molecule has 6 heteroatoms. The maximum Gasteiger partial charge on any atom is 0.155 e. The van der Waals surface area contributed by atoms with Gasteiger partial charge in [-0.2, -0.15) is 5.10 Å². The molecule has 0 atom stereocenters. The first-order valence-electron chi connectivity index (χ1n) is 12.5. The second-order valence-electron chi connectivity index (χ2n) is 10.1. The van der Waals surface area contributed by atoms with E-state index in [2.05, 4.69) is 99.4 Å². The Morgan fingerprint density at radius 1 is 0.914 bits per heavy atom. The summed E-state index contributed by atoms with van der Waals surface area (Å²) in [5, 5.41) is 9.52. The molecule has 1 aliphatic heterocycles. The van der Waals surface area contributed by atoms with Gasteiger partial charge in [0.15, 0.2) is 5.65 Å². The number of pyridine rings is 1. The lowest BCUT2D eigenvalue weighted by atomic mass is 9.94. The van der Waals surface area contributed by atoms with Crippen LogP contribution in [0.15, 0.2) is 60.9 Å². The van der Waals surface area contributed by atoms with Crippen molar-refractivity contribution in [3.8, 4) is 22.4 Å². The van der Waals surface area contributed by atoms with Crippen LogP contribution in [-0.4, -0.2) is 63.2 Å². The summed E-state index contributed by atoms with van der Waals surface area (Å²) in [7, 11) is 2.20. The van der Waals surface area contributed by atoms with E-state index in [0.29, 0.717) is 5.92 Å². The van der Waals surface area contributed by atoms with E-state index in [1.54, 1.807) is 0 Å². The predicted octanol–water partition coefficient (Wildman–Crippen LogP) is 5.64. The quantitative estimate of drug-likeness (QED) is 0.353. The van der Waals surface area contributed by atoms with E-state index in [-0.39, 0.29) is 0 Å². The number of piperazine rings is 1. The van der Waals surface area contributed by atoms with Gasteiger partial charge in [0.25, 0.3) is 0 Å². The van der Waals surface area contributed by atoms with Crippen LogP contribution < -0.4 is 0 Å². The molecule has 0 bridgehead atoms. The maximum atomic E-state index is 4.42. The van der Waals surface area contributed by atoms with E-state index in [9.17, 15) is 0 Å². The van der Waals surface area contributed by atoms with E-state index >= 15 is 0 Å². The summed E-state index contributed by atoms with van der Waals surface area (Å²) in [6.45, 7) is 10.2. The summed E-state index contributed by atoms with van der Waals surface area (Å²) in [5.74, 6) is 0.370. The molecule has 0 radical (unpaired) electrons. The van der Waals surface area contributed by atoms with Crippen molar-refractivity contribution < 1.29 is 0 Å². The normalized spacial score (nSPS) is 15.5. The zero-order valence-corrected chi connectivity index (χ0v) is 20.7. The zero-order chi connectivity index (χ0) is 23.9. The third-order valence-corrected chi connectivity index (χ3v) is 7.33. The van der Waals surface area contributed by atoms with Crippen molar-refractivity contribution in [3.63, 3.8) is 0 Å². The van der Waals surface area contributed by atoms with Crippen LogP contribution in [0, 0.1) is 0 Å². The lowest BCUT2D eigenvalue weighted by Gasteiger charge is -2.32. The molecule has 4 heterocycles. The van der Waals surface area contributed by atoms with Gasteiger partial charge in [0.1, 0.15) is 0 Å².